The van der Waals surface area contributed by atoms with Crippen LogP contribution >= 0.6 is 0 Å². The summed E-state index contributed by atoms with van der Waals surface area (Å²) < 4.78 is 44.7. The number of hydrogen-bond donors (Lipinski definition) is 0. The minimum Gasteiger partial charge on any atom is -0.439 e. The fourth-order valence-corrected chi connectivity index (χ4v) is 4.69. The van der Waals surface area contributed by atoms with Crippen molar-refractivity contribution in [2.45, 2.75) is 31.6 Å². The maximum Gasteiger partial charge on any atom is 0.433 e. The molecule has 2 fully saturated rings. The Morgan fingerprint density at radius 1 is 0.875 bits per heavy atom. The maximum absolute atomic E-state index is 13.0. The molecule has 0 saturated carbocycles. The van der Waals surface area contributed by atoms with E-state index in [1.165, 1.54) is 6.07 Å². The summed E-state index contributed by atoms with van der Waals surface area (Å²) in [7, 11) is 0. The minimum atomic E-state index is -4.41. The molecule has 0 N–H and O–H groups in total. The highest BCUT2D eigenvalue weighted by molar-refractivity contribution is 5.72. The normalized spacial score (nSPS) is 19.7. The van der Waals surface area contributed by atoms with Crippen molar-refractivity contribution in [3.63, 3.8) is 0 Å². The Hall–Kier alpha value is -2.65. The molecule has 2 aliphatic rings. The number of fused-ring (bicyclic) bond motifs is 1. The summed E-state index contributed by atoms with van der Waals surface area (Å²) in [5, 5.41) is 0. The van der Waals surface area contributed by atoms with E-state index in [9.17, 15) is 13.2 Å². The van der Waals surface area contributed by atoms with Crippen molar-refractivity contribution in [2.75, 3.05) is 44.2 Å². The molecule has 3 aromatic rings. The van der Waals surface area contributed by atoms with Crippen LogP contribution < -0.4 is 4.90 Å². The third-order valence-electron chi connectivity index (χ3n) is 6.43. The maximum atomic E-state index is 13.0. The van der Waals surface area contributed by atoms with Crippen LogP contribution in [0.1, 0.15) is 24.4 Å². The molecule has 1 aromatic carbocycles. The Morgan fingerprint density at radius 2 is 1.62 bits per heavy atom. The Labute approximate surface area is 184 Å². The molecule has 6 nitrogen and oxygen atoms in total. The van der Waals surface area contributed by atoms with Gasteiger partial charge in [0.1, 0.15) is 17.0 Å². The third-order valence-corrected chi connectivity index (χ3v) is 6.43. The second-order valence-electron chi connectivity index (χ2n) is 8.48. The van der Waals surface area contributed by atoms with Gasteiger partial charge in [-0.05, 0) is 37.1 Å². The van der Waals surface area contributed by atoms with Crippen LogP contribution in [0.15, 0.2) is 46.9 Å². The molecular weight excluding hydrogens is 419 g/mol. The number of anilines is 1. The van der Waals surface area contributed by atoms with Crippen LogP contribution in [0.5, 0.6) is 0 Å². The van der Waals surface area contributed by atoms with Gasteiger partial charge >= 0.3 is 6.18 Å². The van der Waals surface area contributed by atoms with Gasteiger partial charge in [-0.2, -0.15) is 13.2 Å². The predicted molar refractivity (Wildman–Crippen MR) is 115 cm³/mol. The molecule has 9 heteroatoms. The monoisotopic (exact) mass is 445 g/mol. The summed E-state index contributed by atoms with van der Waals surface area (Å²) >= 11 is 0. The number of likely N-dealkylation sites (tertiary alicyclic amines) is 1. The first kappa shape index (κ1) is 21.2. The highest BCUT2D eigenvalue weighted by Crippen LogP contribution is 2.29. The van der Waals surface area contributed by atoms with E-state index in [0.29, 0.717) is 24.9 Å². The Morgan fingerprint density at radius 3 is 2.34 bits per heavy atom. The topological polar surface area (TPSA) is 48.6 Å². The number of pyridine rings is 1. The van der Waals surface area contributed by atoms with E-state index in [1.807, 2.05) is 29.2 Å². The minimum absolute atomic E-state index is 0.410. The van der Waals surface area contributed by atoms with Gasteiger partial charge in [0.05, 0.1) is 6.54 Å². The van der Waals surface area contributed by atoms with E-state index in [1.54, 1.807) is 6.07 Å². The fourth-order valence-electron chi connectivity index (χ4n) is 4.69. The molecular formula is C23H26F3N5O. The van der Waals surface area contributed by atoms with Crippen LogP contribution in [0.4, 0.5) is 19.0 Å². The zero-order valence-corrected chi connectivity index (χ0v) is 17.8. The molecule has 2 aliphatic heterocycles. The van der Waals surface area contributed by atoms with E-state index in [0.717, 1.165) is 68.6 Å². The van der Waals surface area contributed by atoms with Gasteiger partial charge in [-0.3, -0.25) is 9.80 Å². The van der Waals surface area contributed by atoms with Gasteiger partial charge in [-0.1, -0.05) is 18.2 Å². The van der Waals surface area contributed by atoms with Crippen LogP contribution in [0.25, 0.3) is 11.1 Å². The molecule has 32 heavy (non-hydrogen) atoms. The van der Waals surface area contributed by atoms with Crippen LogP contribution in [0, 0.1) is 0 Å². The molecule has 0 spiro atoms. The Balaban J connectivity index is 1.12. The lowest BCUT2D eigenvalue weighted by atomic mass is 10.0. The van der Waals surface area contributed by atoms with Gasteiger partial charge in [0, 0.05) is 45.3 Å². The van der Waals surface area contributed by atoms with E-state index in [4.69, 9.17) is 4.42 Å². The second-order valence-corrected chi connectivity index (χ2v) is 8.48. The molecule has 0 radical (unpaired) electrons. The van der Waals surface area contributed by atoms with Gasteiger partial charge in [-0.25, -0.2) is 9.97 Å². The fraction of sp³-hybridized carbons (Fsp3) is 0.478. The molecule has 0 unspecified atom stereocenters. The lowest BCUT2D eigenvalue weighted by Crippen LogP contribution is -2.53. The number of para-hydroxylation sites is 2. The largest absolute Gasteiger partial charge is 0.439 e. The lowest BCUT2D eigenvalue weighted by molar-refractivity contribution is -0.141. The molecule has 5 rings (SSSR count). The first-order valence-electron chi connectivity index (χ1n) is 11.1. The van der Waals surface area contributed by atoms with Gasteiger partial charge in [-0.15, -0.1) is 0 Å². The van der Waals surface area contributed by atoms with Crippen molar-refractivity contribution in [2.24, 2.45) is 0 Å². The summed E-state index contributed by atoms with van der Waals surface area (Å²) in [5.74, 6) is 1.17. The molecule has 0 amide bonds. The molecule has 4 heterocycles. The standard InChI is InChI=1S/C23H26F3N5O/c24-23(25,26)20-6-3-7-21(28-20)31-14-12-30(13-15-31)17-8-10-29(11-9-17)16-22-27-18-4-1-2-5-19(18)32-22/h1-7,17H,8-16H2. The molecule has 2 saturated heterocycles. The van der Waals surface area contributed by atoms with Gasteiger partial charge < -0.3 is 9.32 Å². The summed E-state index contributed by atoms with van der Waals surface area (Å²) in [4.78, 5) is 15.2. The number of benzene rings is 1. The van der Waals surface area contributed by atoms with E-state index >= 15 is 0 Å². The lowest BCUT2D eigenvalue weighted by Gasteiger charge is -2.43. The van der Waals surface area contributed by atoms with Crippen molar-refractivity contribution in [1.29, 1.82) is 0 Å². The van der Waals surface area contributed by atoms with Crippen molar-refractivity contribution in [1.82, 2.24) is 19.8 Å². The molecule has 2 aromatic heterocycles. The summed E-state index contributed by atoms with van der Waals surface area (Å²) in [5.41, 5.74) is 0.889. The number of rotatable bonds is 4. The van der Waals surface area contributed by atoms with Crippen LogP contribution in [-0.2, 0) is 12.7 Å². The molecule has 0 aliphatic carbocycles. The smallest absolute Gasteiger partial charge is 0.433 e. The van der Waals surface area contributed by atoms with Crippen LogP contribution in [-0.4, -0.2) is 65.1 Å². The Bertz CT molecular complexity index is 1020. The van der Waals surface area contributed by atoms with E-state index in [2.05, 4.69) is 19.8 Å². The van der Waals surface area contributed by atoms with E-state index < -0.39 is 11.9 Å². The number of alkyl halides is 3. The van der Waals surface area contributed by atoms with Crippen molar-refractivity contribution in [3.8, 4) is 0 Å². The average molecular weight is 445 g/mol. The quantitative estimate of drug-likeness (QED) is 0.605. The SMILES string of the molecule is FC(F)(F)c1cccc(N2CCN(C3CCN(Cc4nc5ccccc5o4)CC3)CC2)n1. The van der Waals surface area contributed by atoms with Gasteiger partial charge in [0.2, 0.25) is 5.89 Å². The second kappa shape index (κ2) is 8.71. The van der Waals surface area contributed by atoms with Crippen molar-refractivity contribution < 1.29 is 17.6 Å². The first-order valence-corrected chi connectivity index (χ1v) is 11.1. The number of piperazine rings is 1. The number of piperidine rings is 1. The zero-order chi connectivity index (χ0) is 22.1. The number of nitrogens with zero attached hydrogens (tertiary/aromatic N) is 5. The number of aromatic nitrogens is 2. The van der Waals surface area contributed by atoms with Gasteiger partial charge in [0.25, 0.3) is 0 Å². The van der Waals surface area contributed by atoms with Crippen molar-refractivity contribution in [3.05, 3.63) is 54.0 Å². The molecule has 0 atom stereocenters. The highest BCUT2D eigenvalue weighted by atomic mass is 19.4. The number of hydrogen-bond acceptors (Lipinski definition) is 6. The first-order chi connectivity index (χ1) is 15.5. The summed E-state index contributed by atoms with van der Waals surface area (Å²) in [6.45, 7) is 5.75. The molecule has 0 bridgehead atoms. The van der Waals surface area contributed by atoms with Crippen LogP contribution in [0.2, 0.25) is 0 Å². The Kier molecular flexibility index (Phi) is 5.77. The molecule has 170 valence electrons. The average Bonchev–Trinajstić information content (AvgIpc) is 3.22. The van der Waals surface area contributed by atoms with Gasteiger partial charge in [0.15, 0.2) is 5.58 Å². The van der Waals surface area contributed by atoms with E-state index in [-0.39, 0.29) is 0 Å². The highest BCUT2D eigenvalue weighted by Gasteiger charge is 2.33. The van der Waals surface area contributed by atoms with Crippen molar-refractivity contribution >= 4 is 16.9 Å². The third kappa shape index (κ3) is 4.59. The van der Waals surface area contributed by atoms with Crippen LogP contribution in [0.3, 0.4) is 0 Å². The zero-order valence-electron chi connectivity index (χ0n) is 17.8. The number of oxazole rings is 1. The summed E-state index contributed by atoms with van der Waals surface area (Å²) in [6.07, 6.45) is -2.27. The number of halogens is 3. The summed E-state index contributed by atoms with van der Waals surface area (Å²) in [6, 6.07) is 12.4. The predicted octanol–water partition coefficient (Wildman–Crippen LogP) is 4.03.